The summed E-state index contributed by atoms with van der Waals surface area (Å²) >= 11 is 0. The molecule has 2 saturated heterocycles. The van der Waals surface area contributed by atoms with Gasteiger partial charge in [-0.05, 0) is 50.6 Å². The van der Waals surface area contributed by atoms with Crippen LogP contribution in [0, 0.1) is 11.8 Å². The van der Waals surface area contributed by atoms with E-state index in [9.17, 15) is 8.42 Å². The number of nitrogens with zero attached hydrogens (tertiary/aromatic N) is 2. The second-order valence-corrected chi connectivity index (χ2v) is 8.34. The van der Waals surface area contributed by atoms with Crippen molar-refractivity contribution in [1.82, 2.24) is 9.21 Å². The van der Waals surface area contributed by atoms with Crippen LogP contribution in [0.15, 0.2) is 12.0 Å². The summed E-state index contributed by atoms with van der Waals surface area (Å²) in [4.78, 5) is 2.58. The highest BCUT2D eigenvalue weighted by molar-refractivity contribution is 7.92. The molecular weight excluding hydrogens is 272 g/mol. The molecule has 2 aliphatic heterocycles. The van der Waals surface area contributed by atoms with Gasteiger partial charge in [0.2, 0.25) is 10.0 Å². The van der Waals surface area contributed by atoms with E-state index >= 15 is 0 Å². The zero-order chi connectivity index (χ0) is 14.8. The first-order valence-corrected chi connectivity index (χ1v) is 9.31. The highest BCUT2D eigenvalue weighted by Gasteiger charge is 2.31. The van der Waals surface area contributed by atoms with E-state index in [1.54, 1.807) is 4.31 Å². The van der Waals surface area contributed by atoms with Crippen LogP contribution in [0.2, 0.25) is 0 Å². The van der Waals surface area contributed by atoms with Gasteiger partial charge in [0, 0.05) is 24.5 Å². The van der Waals surface area contributed by atoms with Crippen molar-refractivity contribution >= 4 is 10.0 Å². The van der Waals surface area contributed by atoms with Gasteiger partial charge in [-0.25, -0.2) is 8.42 Å². The minimum absolute atomic E-state index is 0.569. The summed E-state index contributed by atoms with van der Waals surface area (Å²) in [5.74, 6) is 1.66. The van der Waals surface area contributed by atoms with Gasteiger partial charge in [-0.1, -0.05) is 20.4 Å². The lowest BCUT2D eigenvalue weighted by Crippen LogP contribution is -2.48. The van der Waals surface area contributed by atoms with E-state index in [2.05, 4.69) is 25.3 Å². The van der Waals surface area contributed by atoms with Crippen LogP contribution in [0.3, 0.4) is 0 Å². The fourth-order valence-electron chi connectivity index (χ4n) is 3.52. The van der Waals surface area contributed by atoms with Crippen molar-refractivity contribution in [2.75, 3.05) is 26.2 Å². The summed E-state index contributed by atoms with van der Waals surface area (Å²) in [5, 5.41) is 1.07. The lowest BCUT2D eigenvalue weighted by Gasteiger charge is -2.42. The van der Waals surface area contributed by atoms with Crippen molar-refractivity contribution in [3.05, 3.63) is 12.0 Å². The van der Waals surface area contributed by atoms with Crippen LogP contribution in [0.5, 0.6) is 0 Å². The highest BCUT2D eigenvalue weighted by Crippen LogP contribution is 2.28. The average molecular weight is 300 g/mol. The number of sulfonamides is 1. The maximum absolute atomic E-state index is 11.7. The monoisotopic (exact) mass is 300 g/mol. The number of rotatable bonds is 4. The first-order valence-electron chi connectivity index (χ1n) is 7.80. The number of likely N-dealkylation sites (tertiary alicyclic amines) is 1. The van der Waals surface area contributed by atoms with Gasteiger partial charge in [0.05, 0.1) is 0 Å². The molecule has 0 bridgehead atoms. The quantitative estimate of drug-likeness (QED) is 0.800. The van der Waals surface area contributed by atoms with Gasteiger partial charge in [0.25, 0.3) is 0 Å². The van der Waals surface area contributed by atoms with Crippen molar-refractivity contribution in [1.29, 1.82) is 0 Å². The van der Waals surface area contributed by atoms with Crippen LogP contribution in [-0.4, -0.2) is 49.8 Å². The van der Waals surface area contributed by atoms with Crippen LogP contribution in [0.1, 0.15) is 39.5 Å². The standard InChI is InChI=1S/C15H28N2O2S/c1-4-20(18,19)17-11-7-15(8-12-17)16-9-5-14(6-10-16)13(2)3/h4,13-15H,1,5-12H2,2-3H3. The van der Waals surface area contributed by atoms with E-state index < -0.39 is 10.0 Å². The fourth-order valence-corrected chi connectivity index (χ4v) is 4.45. The molecule has 0 aliphatic carbocycles. The number of hydrogen-bond acceptors (Lipinski definition) is 3. The second kappa shape index (κ2) is 6.58. The Kier molecular flexibility index (Phi) is 5.26. The van der Waals surface area contributed by atoms with Gasteiger partial charge >= 0.3 is 0 Å². The zero-order valence-electron chi connectivity index (χ0n) is 12.8. The molecule has 0 atom stereocenters. The van der Waals surface area contributed by atoms with Crippen LogP contribution in [-0.2, 0) is 10.0 Å². The summed E-state index contributed by atoms with van der Waals surface area (Å²) in [6, 6.07) is 0.569. The van der Waals surface area contributed by atoms with Crippen LogP contribution in [0.25, 0.3) is 0 Å². The van der Waals surface area contributed by atoms with E-state index in [-0.39, 0.29) is 0 Å². The van der Waals surface area contributed by atoms with E-state index in [0.29, 0.717) is 19.1 Å². The maximum Gasteiger partial charge on any atom is 0.235 e. The molecule has 0 amide bonds. The minimum Gasteiger partial charge on any atom is -0.300 e. The van der Waals surface area contributed by atoms with E-state index in [0.717, 1.165) is 30.1 Å². The molecule has 0 aromatic heterocycles. The van der Waals surface area contributed by atoms with Crippen molar-refractivity contribution in [3.63, 3.8) is 0 Å². The number of hydrogen-bond donors (Lipinski definition) is 0. The molecule has 2 fully saturated rings. The first kappa shape index (κ1) is 16.0. The van der Waals surface area contributed by atoms with Gasteiger partial charge in [0.1, 0.15) is 0 Å². The molecule has 0 unspecified atom stereocenters. The normalized spacial score (nSPS) is 25.1. The second-order valence-electron chi connectivity index (χ2n) is 6.46. The Morgan fingerprint density at radius 2 is 1.60 bits per heavy atom. The van der Waals surface area contributed by atoms with E-state index in [4.69, 9.17) is 0 Å². The smallest absolute Gasteiger partial charge is 0.235 e. The summed E-state index contributed by atoms with van der Waals surface area (Å²) in [7, 11) is -3.22. The lowest BCUT2D eigenvalue weighted by atomic mass is 9.85. The summed E-state index contributed by atoms with van der Waals surface area (Å²) in [6.45, 7) is 11.7. The Balaban J connectivity index is 1.82. The average Bonchev–Trinajstić information content (AvgIpc) is 2.47. The van der Waals surface area contributed by atoms with Crippen molar-refractivity contribution in [3.8, 4) is 0 Å². The van der Waals surface area contributed by atoms with Gasteiger partial charge in [0.15, 0.2) is 0 Å². The van der Waals surface area contributed by atoms with Crippen LogP contribution < -0.4 is 0 Å². The Labute approximate surface area is 123 Å². The van der Waals surface area contributed by atoms with Gasteiger partial charge in [-0.3, -0.25) is 0 Å². The Morgan fingerprint density at radius 1 is 1.05 bits per heavy atom. The van der Waals surface area contributed by atoms with Gasteiger partial charge in [-0.15, -0.1) is 0 Å². The molecule has 0 saturated carbocycles. The van der Waals surface area contributed by atoms with Crippen molar-refractivity contribution < 1.29 is 8.42 Å². The molecule has 0 aromatic carbocycles. The molecule has 20 heavy (non-hydrogen) atoms. The zero-order valence-corrected chi connectivity index (χ0v) is 13.6. The van der Waals surface area contributed by atoms with Crippen LogP contribution in [0.4, 0.5) is 0 Å². The van der Waals surface area contributed by atoms with E-state index in [1.165, 1.54) is 25.9 Å². The molecule has 0 N–H and O–H groups in total. The molecule has 4 nitrogen and oxygen atoms in total. The summed E-state index contributed by atoms with van der Waals surface area (Å²) in [5.41, 5.74) is 0. The Morgan fingerprint density at radius 3 is 2.05 bits per heavy atom. The third-order valence-electron chi connectivity index (χ3n) is 5.03. The predicted octanol–water partition coefficient (Wildman–Crippen LogP) is 2.29. The number of piperidine rings is 2. The summed E-state index contributed by atoms with van der Waals surface area (Å²) in [6.07, 6.45) is 4.50. The Hall–Kier alpha value is -0.390. The molecule has 2 aliphatic rings. The molecule has 2 rings (SSSR count). The van der Waals surface area contributed by atoms with Gasteiger partial charge < -0.3 is 4.90 Å². The maximum atomic E-state index is 11.7. The lowest BCUT2D eigenvalue weighted by molar-refractivity contribution is 0.0857. The topological polar surface area (TPSA) is 40.6 Å². The molecule has 0 radical (unpaired) electrons. The van der Waals surface area contributed by atoms with Crippen molar-refractivity contribution in [2.45, 2.75) is 45.6 Å². The molecule has 2 heterocycles. The fraction of sp³-hybridized carbons (Fsp3) is 0.867. The molecule has 0 spiro atoms. The first-order chi connectivity index (χ1) is 9.44. The van der Waals surface area contributed by atoms with E-state index in [1.807, 2.05) is 0 Å². The molecule has 0 aromatic rings. The largest absolute Gasteiger partial charge is 0.300 e. The van der Waals surface area contributed by atoms with Crippen LogP contribution >= 0.6 is 0 Å². The Bertz CT molecular complexity index is 417. The minimum atomic E-state index is -3.22. The highest BCUT2D eigenvalue weighted by atomic mass is 32.2. The summed E-state index contributed by atoms with van der Waals surface area (Å²) < 4.78 is 25.1. The van der Waals surface area contributed by atoms with Gasteiger partial charge in [-0.2, -0.15) is 4.31 Å². The van der Waals surface area contributed by atoms with Crippen molar-refractivity contribution in [2.24, 2.45) is 11.8 Å². The third kappa shape index (κ3) is 3.62. The SMILES string of the molecule is C=CS(=O)(=O)N1CCC(N2CCC(C(C)C)CC2)CC1. The molecular formula is C15H28N2O2S. The molecule has 116 valence electrons. The predicted molar refractivity (Wildman–Crippen MR) is 82.8 cm³/mol. The molecule has 5 heteroatoms. The third-order valence-corrected chi connectivity index (χ3v) is 6.53.